The lowest BCUT2D eigenvalue weighted by molar-refractivity contribution is -0.256. The van der Waals surface area contributed by atoms with E-state index in [0.29, 0.717) is 17.8 Å². The summed E-state index contributed by atoms with van der Waals surface area (Å²) in [6.07, 6.45) is 12.4. The highest BCUT2D eigenvalue weighted by Crippen LogP contribution is 2.76. The molecule has 0 aromatic heterocycles. The molecule has 0 bridgehead atoms. The first kappa shape index (κ1) is 23.2. The van der Waals surface area contributed by atoms with Crippen LogP contribution in [0.3, 0.4) is 0 Å². The predicted octanol–water partition coefficient (Wildman–Crippen LogP) is 6.92. The van der Waals surface area contributed by atoms with Gasteiger partial charge >= 0.3 is 0 Å². The zero-order chi connectivity index (χ0) is 23.5. The van der Waals surface area contributed by atoms with Gasteiger partial charge in [0, 0.05) is 0 Å². The van der Waals surface area contributed by atoms with Crippen molar-refractivity contribution in [3.05, 3.63) is 23.3 Å². The maximum Gasteiger partial charge on any atom is 0.0595 e. The molecule has 5 aliphatic carbocycles. The molecule has 2 heteroatoms. The van der Waals surface area contributed by atoms with Crippen LogP contribution in [-0.2, 0) is 0 Å². The van der Waals surface area contributed by atoms with Gasteiger partial charge in [-0.25, -0.2) is 0 Å². The Morgan fingerprint density at radius 2 is 1.56 bits per heavy atom. The van der Waals surface area contributed by atoms with Crippen LogP contribution in [0.15, 0.2) is 23.3 Å². The number of aliphatic hydroxyl groups excluding tert-OH is 2. The highest BCUT2D eigenvalue weighted by Gasteiger charge is 2.70. The van der Waals surface area contributed by atoms with E-state index in [1.807, 2.05) is 0 Å². The minimum atomic E-state index is -0.338. The van der Waals surface area contributed by atoms with E-state index in [-0.39, 0.29) is 45.2 Å². The largest absolute Gasteiger partial charge is 0.393 e. The zero-order valence-corrected chi connectivity index (χ0v) is 22.0. The fraction of sp³-hybridized carbons (Fsp3) is 0.867. The molecule has 3 saturated carbocycles. The van der Waals surface area contributed by atoms with Gasteiger partial charge in [-0.3, -0.25) is 0 Å². The molecule has 0 heterocycles. The second-order valence-electron chi connectivity index (χ2n) is 14.4. The summed E-state index contributed by atoms with van der Waals surface area (Å²) in [5, 5.41) is 22.6. The minimum absolute atomic E-state index is 0.0879. The Kier molecular flexibility index (Phi) is 4.88. The molecular formula is C30H48O2. The van der Waals surface area contributed by atoms with Gasteiger partial charge in [0.1, 0.15) is 0 Å². The molecule has 32 heavy (non-hydrogen) atoms. The molecule has 0 amide bonds. The number of allylic oxidation sites excluding steroid dienone is 4. The van der Waals surface area contributed by atoms with Crippen LogP contribution in [0.25, 0.3) is 0 Å². The number of hydrogen-bond acceptors (Lipinski definition) is 2. The van der Waals surface area contributed by atoms with Crippen LogP contribution in [0.5, 0.6) is 0 Å². The van der Waals surface area contributed by atoms with Gasteiger partial charge in [0.15, 0.2) is 0 Å². The summed E-state index contributed by atoms with van der Waals surface area (Å²) in [4.78, 5) is 0. The summed E-state index contributed by atoms with van der Waals surface area (Å²) in [7, 11) is 0. The van der Waals surface area contributed by atoms with Crippen molar-refractivity contribution in [2.45, 2.75) is 113 Å². The monoisotopic (exact) mass is 440 g/mol. The molecule has 9 atom stereocenters. The molecule has 0 radical (unpaired) electrons. The zero-order valence-electron chi connectivity index (χ0n) is 22.0. The van der Waals surface area contributed by atoms with E-state index in [0.717, 1.165) is 19.3 Å². The van der Waals surface area contributed by atoms with Crippen LogP contribution in [0.2, 0.25) is 0 Å². The molecule has 0 saturated heterocycles. The second-order valence-corrected chi connectivity index (χ2v) is 14.4. The Balaban J connectivity index is 1.62. The minimum Gasteiger partial charge on any atom is -0.393 e. The van der Waals surface area contributed by atoms with Gasteiger partial charge in [-0.15, -0.1) is 0 Å². The van der Waals surface area contributed by atoms with Gasteiger partial charge in [-0.05, 0) is 101 Å². The molecule has 180 valence electrons. The van der Waals surface area contributed by atoms with Gasteiger partial charge < -0.3 is 10.2 Å². The Morgan fingerprint density at radius 3 is 2.22 bits per heavy atom. The van der Waals surface area contributed by atoms with Crippen molar-refractivity contribution >= 4 is 0 Å². The van der Waals surface area contributed by atoms with E-state index in [1.165, 1.54) is 25.7 Å². The summed E-state index contributed by atoms with van der Waals surface area (Å²) in [5.74, 6) is 2.07. The number of fused-ring (bicyclic) bond motifs is 7. The van der Waals surface area contributed by atoms with Crippen LogP contribution in [-0.4, -0.2) is 22.4 Å². The van der Waals surface area contributed by atoms with Crippen LogP contribution in [0, 0.1) is 50.7 Å². The Bertz CT molecular complexity index is 866. The number of hydrogen-bond donors (Lipinski definition) is 2. The topological polar surface area (TPSA) is 40.5 Å². The smallest absolute Gasteiger partial charge is 0.0595 e. The summed E-state index contributed by atoms with van der Waals surface area (Å²) in [5.41, 5.74) is 3.68. The van der Waals surface area contributed by atoms with Gasteiger partial charge in [0.2, 0.25) is 0 Å². The van der Waals surface area contributed by atoms with Crippen LogP contribution < -0.4 is 0 Å². The van der Waals surface area contributed by atoms with Crippen molar-refractivity contribution in [1.29, 1.82) is 0 Å². The fourth-order valence-electron chi connectivity index (χ4n) is 10.9. The summed E-state index contributed by atoms with van der Waals surface area (Å²) in [6.45, 7) is 19.3. The first-order chi connectivity index (χ1) is 14.7. The Morgan fingerprint density at radius 1 is 0.906 bits per heavy atom. The molecule has 2 N–H and O–H groups in total. The molecule has 0 aromatic rings. The molecule has 5 aliphatic rings. The molecule has 0 aliphatic heterocycles. The van der Waals surface area contributed by atoms with Gasteiger partial charge in [0.05, 0.1) is 12.2 Å². The lowest BCUT2D eigenvalue weighted by Gasteiger charge is -2.72. The quantitative estimate of drug-likeness (QED) is 0.465. The third-order valence-corrected chi connectivity index (χ3v) is 12.5. The van der Waals surface area contributed by atoms with Crippen molar-refractivity contribution in [3.8, 4) is 0 Å². The fourth-order valence-corrected chi connectivity index (χ4v) is 10.9. The van der Waals surface area contributed by atoms with Crippen LogP contribution in [0.4, 0.5) is 0 Å². The lowest BCUT2D eigenvalue weighted by atomic mass is 9.32. The average molecular weight is 441 g/mol. The van der Waals surface area contributed by atoms with E-state index in [4.69, 9.17) is 0 Å². The van der Waals surface area contributed by atoms with E-state index in [1.54, 1.807) is 11.1 Å². The maximum absolute atomic E-state index is 11.8. The van der Waals surface area contributed by atoms with Crippen molar-refractivity contribution < 1.29 is 10.2 Å². The van der Waals surface area contributed by atoms with Gasteiger partial charge in [0.25, 0.3) is 0 Å². The molecule has 2 nitrogen and oxygen atoms in total. The Hall–Kier alpha value is -0.600. The molecule has 0 unspecified atom stereocenters. The van der Waals surface area contributed by atoms with Crippen LogP contribution >= 0.6 is 0 Å². The molecule has 0 spiro atoms. The third kappa shape index (κ3) is 2.55. The van der Waals surface area contributed by atoms with Gasteiger partial charge in [-0.2, -0.15) is 0 Å². The average Bonchev–Trinajstić information content (AvgIpc) is 3.03. The second kappa shape index (κ2) is 6.75. The first-order valence-electron chi connectivity index (χ1n) is 13.5. The standard InChI is InChI=1S/C30H48O2/c1-18(2)19-11-14-27(5)20(19)12-16-29(7)22(27)9-10-23-28(6)15-13-24(32)26(3,4)25(28)21(31)17-30(23,29)8/h12,16,18,21-25,31-32H,9-11,13-15,17H2,1-8H3/t21-,22+,23+,24-,25+,27-,28+,29+,30+/m0/s1. The highest BCUT2D eigenvalue weighted by atomic mass is 16.3. The van der Waals surface area contributed by atoms with Crippen molar-refractivity contribution in [1.82, 2.24) is 0 Å². The van der Waals surface area contributed by atoms with Crippen molar-refractivity contribution in [2.75, 3.05) is 0 Å². The first-order valence-corrected chi connectivity index (χ1v) is 13.5. The van der Waals surface area contributed by atoms with Crippen molar-refractivity contribution in [3.63, 3.8) is 0 Å². The number of rotatable bonds is 1. The highest BCUT2D eigenvalue weighted by molar-refractivity contribution is 5.44. The van der Waals surface area contributed by atoms with E-state index in [2.05, 4.69) is 67.5 Å². The molecule has 3 fully saturated rings. The Labute approximate surface area is 197 Å². The molecular weight excluding hydrogens is 392 g/mol. The van der Waals surface area contributed by atoms with E-state index >= 15 is 0 Å². The lowest BCUT2D eigenvalue weighted by Crippen LogP contribution is -2.69. The van der Waals surface area contributed by atoms with E-state index < -0.39 is 0 Å². The normalized spacial score (nSPS) is 54.2. The molecule has 0 aromatic carbocycles. The molecule has 5 rings (SSSR count). The SMILES string of the molecule is CC(C)C1=C2C=C[C@]3(C)[C@H](CC[C@@H]4[C@@]5(C)CC[C@H](O)C(C)(C)[C@H]5[C@@H](O)C[C@]43C)[C@@]2(C)CC1. The van der Waals surface area contributed by atoms with E-state index in [9.17, 15) is 10.2 Å². The van der Waals surface area contributed by atoms with Gasteiger partial charge in [-0.1, -0.05) is 73.1 Å². The summed E-state index contributed by atoms with van der Waals surface area (Å²) >= 11 is 0. The van der Waals surface area contributed by atoms with Crippen LogP contribution in [0.1, 0.15) is 100 Å². The predicted molar refractivity (Wildman–Crippen MR) is 132 cm³/mol. The maximum atomic E-state index is 11.8. The van der Waals surface area contributed by atoms with Crippen molar-refractivity contribution in [2.24, 2.45) is 50.7 Å². The summed E-state index contributed by atoms with van der Waals surface area (Å²) < 4.78 is 0. The number of aliphatic hydroxyl groups is 2. The third-order valence-electron chi connectivity index (χ3n) is 12.5. The summed E-state index contributed by atoms with van der Waals surface area (Å²) in [6, 6.07) is 0.